The van der Waals surface area contributed by atoms with Crippen LogP contribution in [0, 0.1) is 0 Å². The number of aryl methyl sites for hydroxylation is 2. The molecule has 1 aromatic carbocycles. The van der Waals surface area contributed by atoms with Crippen molar-refractivity contribution in [2.75, 3.05) is 26.2 Å². The molecule has 3 rings (SSSR count). The van der Waals surface area contributed by atoms with Crippen LogP contribution in [0.25, 0.3) is 0 Å². The van der Waals surface area contributed by atoms with Gasteiger partial charge in [-0.25, -0.2) is 4.79 Å². The Kier molecular flexibility index (Phi) is 5.68. The maximum Gasteiger partial charge on any atom is 0.320 e. The van der Waals surface area contributed by atoms with Crippen molar-refractivity contribution in [1.82, 2.24) is 24.6 Å². The Hall–Kier alpha value is -2.37. The molecule has 25 heavy (non-hydrogen) atoms. The summed E-state index contributed by atoms with van der Waals surface area (Å²) in [6, 6.07) is 10.6. The zero-order chi connectivity index (χ0) is 17.6. The van der Waals surface area contributed by atoms with Crippen molar-refractivity contribution in [3.05, 3.63) is 47.5 Å². The van der Waals surface area contributed by atoms with E-state index in [1.807, 2.05) is 29.7 Å². The predicted molar refractivity (Wildman–Crippen MR) is 97.5 cm³/mol. The molecule has 1 aliphatic heterocycles. The van der Waals surface area contributed by atoms with Crippen molar-refractivity contribution >= 4 is 6.03 Å². The van der Waals surface area contributed by atoms with Crippen LogP contribution in [0.2, 0.25) is 0 Å². The maximum absolute atomic E-state index is 12.6. The second-order valence-electron chi connectivity index (χ2n) is 6.36. The lowest BCUT2D eigenvalue weighted by Gasteiger charge is -2.28. The number of carbonyl (C=O) groups excluding carboxylic acids is 1. The average Bonchev–Trinajstić information content (AvgIpc) is 2.91. The number of hydrogen-bond acceptors (Lipinski definition) is 3. The number of carbonyl (C=O) groups is 1. The Morgan fingerprint density at radius 1 is 1.04 bits per heavy atom. The van der Waals surface area contributed by atoms with Crippen molar-refractivity contribution < 1.29 is 4.79 Å². The van der Waals surface area contributed by atoms with Gasteiger partial charge in [0.25, 0.3) is 0 Å². The number of hydrogen-bond donors (Lipinski definition) is 0. The van der Waals surface area contributed by atoms with Gasteiger partial charge in [-0.15, -0.1) is 10.2 Å². The molecule has 2 amide bonds. The third-order valence-electron chi connectivity index (χ3n) is 4.89. The van der Waals surface area contributed by atoms with E-state index in [1.54, 1.807) is 0 Å². The van der Waals surface area contributed by atoms with Crippen molar-refractivity contribution in [2.24, 2.45) is 0 Å². The highest BCUT2D eigenvalue weighted by atomic mass is 16.2. The molecule has 0 unspecified atom stereocenters. The third-order valence-corrected chi connectivity index (χ3v) is 4.89. The summed E-state index contributed by atoms with van der Waals surface area (Å²) in [5.74, 6) is 2.02. The number of nitrogens with zero attached hydrogens (tertiary/aromatic N) is 5. The minimum atomic E-state index is 0.134. The summed E-state index contributed by atoms with van der Waals surface area (Å²) in [5, 5.41) is 8.76. The van der Waals surface area contributed by atoms with E-state index >= 15 is 0 Å². The molecule has 0 radical (unpaired) electrons. The van der Waals surface area contributed by atoms with Crippen molar-refractivity contribution in [1.29, 1.82) is 0 Å². The van der Waals surface area contributed by atoms with Gasteiger partial charge in [0.15, 0.2) is 0 Å². The van der Waals surface area contributed by atoms with Crippen molar-refractivity contribution in [3.8, 4) is 0 Å². The van der Waals surface area contributed by atoms with Gasteiger partial charge in [0, 0.05) is 45.6 Å². The zero-order valence-corrected chi connectivity index (χ0v) is 15.2. The first-order valence-corrected chi connectivity index (χ1v) is 9.21. The standard InChI is InChI=1S/C19H27N5O/c1-3-22(4-2)19(25)23-13-12-18-21-20-17(24(18)15-14-23)11-10-16-8-6-5-7-9-16/h5-9H,3-4,10-15H2,1-2H3. The van der Waals surface area contributed by atoms with Crippen LogP contribution < -0.4 is 0 Å². The summed E-state index contributed by atoms with van der Waals surface area (Å²) < 4.78 is 2.21. The molecule has 0 bridgehead atoms. The molecule has 0 saturated heterocycles. The second kappa shape index (κ2) is 8.14. The fraction of sp³-hybridized carbons (Fsp3) is 0.526. The fourth-order valence-corrected chi connectivity index (χ4v) is 3.35. The van der Waals surface area contributed by atoms with Gasteiger partial charge in [0.2, 0.25) is 0 Å². The van der Waals surface area contributed by atoms with Gasteiger partial charge >= 0.3 is 6.03 Å². The number of urea groups is 1. The van der Waals surface area contributed by atoms with E-state index < -0.39 is 0 Å². The van der Waals surface area contributed by atoms with Crippen LogP contribution in [0.1, 0.15) is 31.1 Å². The van der Waals surface area contributed by atoms with Gasteiger partial charge in [-0.1, -0.05) is 30.3 Å². The van der Waals surface area contributed by atoms with Crippen LogP contribution in [-0.2, 0) is 25.8 Å². The quantitative estimate of drug-likeness (QED) is 0.839. The molecule has 134 valence electrons. The van der Waals surface area contributed by atoms with E-state index in [4.69, 9.17) is 0 Å². The first-order valence-electron chi connectivity index (χ1n) is 9.21. The van der Waals surface area contributed by atoms with E-state index in [0.29, 0.717) is 6.54 Å². The molecule has 2 aromatic rings. The summed E-state index contributed by atoms with van der Waals surface area (Å²) in [6.45, 7) is 7.76. The Morgan fingerprint density at radius 3 is 2.52 bits per heavy atom. The minimum absolute atomic E-state index is 0.134. The summed E-state index contributed by atoms with van der Waals surface area (Å²) >= 11 is 0. The van der Waals surface area contributed by atoms with E-state index in [9.17, 15) is 4.79 Å². The van der Waals surface area contributed by atoms with Gasteiger partial charge in [-0.2, -0.15) is 0 Å². The maximum atomic E-state index is 12.6. The van der Waals surface area contributed by atoms with Crippen LogP contribution in [0.15, 0.2) is 30.3 Å². The first-order chi connectivity index (χ1) is 12.2. The number of aromatic nitrogens is 3. The third kappa shape index (κ3) is 4.00. The molecule has 0 fully saturated rings. The Morgan fingerprint density at radius 2 is 1.80 bits per heavy atom. The summed E-state index contributed by atoms with van der Waals surface area (Å²) in [7, 11) is 0. The fourth-order valence-electron chi connectivity index (χ4n) is 3.35. The highest BCUT2D eigenvalue weighted by Crippen LogP contribution is 2.13. The van der Waals surface area contributed by atoms with E-state index in [0.717, 1.165) is 57.1 Å². The number of amides is 2. The SMILES string of the molecule is CCN(CC)C(=O)N1CCc2nnc(CCc3ccccc3)n2CC1. The molecule has 0 saturated carbocycles. The normalized spacial score (nSPS) is 14.1. The number of benzene rings is 1. The molecular formula is C19H27N5O. The Balaban J connectivity index is 1.64. The monoisotopic (exact) mass is 341 g/mol. The zero-order valence-electron chi connectivity index (χ0n) is 15.2. The molecule has 0 spiro atoms. The van der Waals surface area contributed by atoms with Crippen LogP contribution in [0.5, 0.6) is 0 Å². The molecule has 0 atom stereocenters. The molecule has 1 aliphatic rings. The van der Waals surface area contributed by atoms with E-state index in [1.165, 1.54) is 5.56 Å². The van der Waals surface area contributed by atoms with Gasteiger partial charge in [0.1, 0.15) is 11.6 Å². The van der Waals surface area contributed by atoms with Crippen LogP contribution in [0.4, 0.5) is 4.79 Å². The van der Waals surface area contributed by atoms with Gasteiger partial charge in [-0.3, -0.25) is 0 Å². The molecule has 6 heteroatoms. The molecule has 1 aromatic heterocycles. The smallest absolute Gasteiger partial charge is 0.320 e. The first kappa shape index (κ1) is 17.5. The van der Waals surface area contributed by atoms with Crippen LogP contribution in [-0.4, -0.2) is 56.8 Å². The molecule has 6 nitrogen and oxygen atoms in total. The van der Waals surface area contributed by atoms with E-state index in [2.05, 4.69) is 39.0 Å². The molecule has 0 N–H and O–H groups in total. The second-order valence-corrected chi connectivity index (χ2v) is 6.36. The lowest BCUT2D eigenvalue weighted by Crippen LogP contribution is -2.44. The van der Waals surface area contributed by atoms with Gasteiger partial charge in [-0.05, 0) is 25.8 Å². The van der Waals surface area contributed by atoms with Gasteiger partial charge < -0.3 is 14.4 Å². The average molecular weight is 341 g/mol. The Bertz CT molecular complexity index is 693. The minimum Gasteiger partial charge on any atom is -0.325 e. The van der Waals surface area contributed by atoms with Crippen molar-refractivity contribution in [3.63, 3.8) is 0 Å². The number of rotatable bonds is 5. The summed E-state index contributed by atoms with van der Waals surface area (Å²) in [4.78, 5) is 16.4. The predicted octanol–water partition coefficient (Wildman–Crippen LogP) is 2.38. The lowest BCUT2D eigenvalue weighted by molar-refractivity contribution is 0.158. The lowest BCUT2D eigenvalue weighted by atomic mass is 10.1. The van der Waals surface area contributed by atoms with Crippen molar-refractivity contribution in [2.45, 2.75) is 39.7 Å². The largest absolute Gasteiger partial charge is 0.325 e. The number of fused-ring (bicyclic) bond motifs is 1. The highest BCUT2D eigenvalue weighted by Gasteiger charge is 2.23. The van der Waals surface area contributed by atoms with E-state index in [-0.39, 0.29) is 6.03 Å². The van der Waals surface area contributed by atoms with Crippen LogP contribution >= 0.6 is 0 Å². The van der Waals surface area contributed by atoms with Crippen LogP contribution in [0.3, 0.4) is 0 Å². The molecular weight excluding hydrogens is 314 g/mol. The highest BCUT2D eigenvalue weighted by molar-refractivity contribution is 5.74. The topological polar surface area (TPSA) is 54.3 Å². The molecule has 2 heterocycles. The Labute approximate surface area is 149 Å². The van der Waals surface area contributed by atoms with Gasteiger partial charge in [0.05, 0.1) is 0 Å². The summed E-state index contributed by atoms with van der Waals surface area (Å²) in [6.07, 6.45) is 2.60. The summed E-state index contributed by atoms with van der Waals surface area (Å²) in [5.41, 5.74) is 1.31. The molecule has 0 aliphatic carbocycles.